The van der Waals surface area contributed by atoms with Crippen molar-refractivity contribution < 1.29 is 27.9 Å². The quantitative estimate of drug-likeness (QED) is 0.265. The number of piperazine rings is 1. The number of pyridine rings is 2. The van der Waals surface area contributed by atoms with E-state index in [1.54, 1.807) is 17.6 Å². The van der Waals surface area contributed by atoms with Gasteiger partial charge in [-0.1, -0.05) is 0 Å². The molecule has 0 spiro atoms. The van der Waals surface area contributed by atoms with E-state index in [0.717, 1.165) is 29.8 Å². The van der Waals surface area contributed by atoms with E-state index in [1.165, 1.54) is 18.5 Å². The monoisotopic (exact) mass is 629 g/mol. The Morgan fingerprint density at radius 3 is 2.41 bits per heavy atom. The van der Waals surface area contributed by atoms with Crippen molar-refractivity contribution in [3.05, 3.63) is 57.5 Å². The molecule has 4 heterocycles. The van der Waals surface area contributed by atoms with E-state index in [2.05, 4.69) is 30.4 Å². The number of halogens is 3. The molecule has 3 aromatic heterocycles. The first kappa shape index (κ1) is 30.9. The molecule has 1 aliphatic heterocycles. The number of anilines is 2. The van der Waals surface area contributed by atoms with Gasteiger partial charge in [-0.25, -0.2) is 19.6 Å². The number of likely N-dealkylation sites (N-methyl/N-ethyl adjacent to an activating group) is 1. The molecule has 1 aliphatic rings. The Kier molecular flexibility index (Phi) is 8.61. The lowest BCUT2D eigenvalue weighted by Crippen LogP contribution is -2.44. The molecule has 1 aromatic carbocycles. The van der Waals surface area contributed by atoms with Gasteiger partial charge in [0.25, 0.3) is 0 Å². The number of urea groups is 1. The molecule has 4 aromatic rings. The molecule has 0 bridgehead atoms. The second-order valence-electron chi connectivity index (χ2n) is 10.3. The Balaban J connectivity index is 1.80. The van der Waals surface area contributed by atoms with E-state index < -0.39 is 34.9 Å². The summed E-state index contributed by atoms with van der Waals surface area (Å²) in [7, 11) is 2.00. The number of carbonyl (C=O) groups is 2. The van der Waals surface area contributed by atoms with Crippen molar-refractivity contribution in [2.75, 3.05) is 50.0 Å². The van der Waals surface area contributed by atoms with Gasteiger partial charge in [-0.15, -0.1) is 11.3 Å². The van der Waals surface area contributed by atoms with Gasteiger partial charge in [0.1, 0.15) is 16.4 Å². The number of benzene rings is 1. The molecule has 3 N–H and O–H groups in total. The molecule has 1 fully saturated rings. The number of alkyl halides is 3. The minimum atomic E-state index is -4.67. The number of fused-ring (bicyclic) bond motifs is 1. The summed E-state index contributed by atoms with van der Waals surface area (Å²) < 4.78 is 42.4. The van der Waals surface area contributed by atoms with Gasteiger partial charge >= 0.3 is 18.2 Å². The van der Waals surface area contributed by atoms with Gasteiger partial charge < -0.3 is 24.8 Å². The van der Waals surface area contributed by atoms with E-state index in [4.69, 9.17) is 0 Å². The minimum absolute atomic E-state index is 0.0309. The Morgan fingerprint density at radius 2 is 1.80 bits per heavy atom. The zero-order chi connectivity index (χ0) is 31.8. The summed E-state index contributed by atoms with van der Waals surface area (Å²) in [5.41, 5.74) is 0.190. The minimum Gasteiger partial charge on any atom is -0.477 e. The molecule has 1 saturated heterocycles. The van der Waals surface area contributed by atoms with Crippen LogP contribution in [0.5, 0.6) is 0 Å². The summed E-state index contributed by atoms with van der Waals surface area (Å²) in [6.07, 6.45) is -1.93. The Labute approximate surface area is 254 Å². The lowest BCUT2D eigenvalue weighted by atomic mass is 9.96. The van der Waals surface area contributed by atoms with Crippen LogP contribution in [-0.2, 0) is 12.7 Å². The standard InChI is InChI=1S/C29H30F3N7O4S/c1-4-33-28(43)36-24-11-17(26-35-23(15-44-26)29(30,31)32)19(13-34-24)16-10-18-22(12-21(16)39-8-6-37(3)7-9-39)38(5-2)14-20(25(18)40)27(41)42/h10-15H,4-9H2,1-3H3,(H,41,42)(H2,33,34,36,43). The zero-order valence-corrected chi connectivity index (χ0v) is 25.0. The molecule has 0 aliphatic carbocycles. The lowest BCUT2D eigenvalue weighted by Gasteiger charge is -2.35. The second-order valence-corrected chi connectivity index (χ2v) is 11.1. The Bertz CT molecular complexity index is 1800. The topological polar surface area (TPSA) is 133 Å². The van der Waals surface area contributed by atoms with Crippen LogP contribution in [0.1, 0.15) is 29.9 Å². The number of aryl methyl sites for hydroxylation is 1. The number of nitrogens with zero attached hydrogens (tertiary/aromatic N) is 5. The van der Waals surface area contributed by atoms with Gasteiger partial charge in [-0.05, 0) is 39.1 Å². The summed E-state index contributed by atoms with van der Waals surface area (Å²) >= 11 is 0.786. The molecule has 15 heteroatoms. The zero-order valence-electron chi connectivity index (χ0n) is 24.2. The fourth-order valence-electron chi connectivity index (χ4n) is 5.13. The molecule has 0 unspecified atom stereocenters. The summed E-state index contributed by atoms with van der Waals surface area (Å²) in [4.78, 5) is 50.2. The van der Waals surface area contributed by atoms with Crippen molar-refractivity contribution in [2.45, 2.75) is 26.6 Å². The van der Waals surface area contributed by atoms with E-state index in [1.807, 2.05) is 20.0 Å². The predicted molar refractivity (Wildman–Crippen MR) is 163 cm³/mol. The number of rotatable bonds is 7. The fourth-order valence-corrected chi connectivity index (χ4v) is 5.99. The number of hydrogen-bond acceptors (Lipinski definition) is 8. The van der Waals surface area contributed by atoms with Crippen LogP contribution >= 0.6 is 11.3 Å². The third kappa shape index (κ3) is 6.10. The van der Waals surface area contributed by atoms with E-state index in [-0.39, 0.29) is 21.8 Å². The number of carboxylic acid groups (broad SMARTS) is 1. The van der Waals surface area contributed by atoms with Crippen molar-refractivity contribution in [1.29, 1.82) is 0 Å². The molecule has 0 radical (unpaired) electrons. The number of carboxylic acids is 1. The highest BCUT2D eigenvalue weighted by Gasteiger charge is 2.34. The van der Waals surface area contributed by atoms with Gasteiger partial charge in [-0.2, -0.15) is 13.2 Å². The smallest absolute Gasteiger partial charge is 0.434 e. The summed E-state index contributed by atoms with van der Waals surface area (Å²) in [5, 5.41) is 16.0. The highest BCUT2D eigenvalue weighted by Crippen LogP contribution is 2.42. The molecule has 2 amide bonds. The molecular formula is C29H30F3N7O4S. The van der Waals surface area contributed by atoms with Crippen LogP contribution in [0.15, 0.2) is 40.8 Å². The molecule has 11 nitrogen and oxygen atoms in total. The highest BCUT2D eigenvalue weighted by atomic mass is 32.1. The highest BCUT2D eigenvalue weighted by molar-refractivity contribution is 7.13. The van der Waals surface area contributed by atoms with Crippen molar-refractivity contribution in [1.82, 2.24) is 24.8 Å². The van der Waals surface area contributed by atoms with Crippen molar-refractivity contribution in [3.8, 4) is 21.7 Å². The molecular weight excluding hydrogens is 599 g/mol. The average Bonchev–Trinajstić information content (AvgIpc) is 3.49. The van der Waals surface area contributed by atoms with Crippen LogP contribution < -0.4 is 21.0 Å². The number of amides is 2. The van der Waals surface area contributed by atoms with Crippen LogP contribution in [-0.4, -0.2) is 76.3 Å². The number of aromatic nitrogens is 3. The first-order valence-electron chi connectivity index (χ1n) is 13.9. The number of nitrogens with one attached hydrogen (secondary N) is 2. The molecule has 5 rings (SSSR count). The van der Waals surface area contributed by atoms with Crippen LogP contribution in [0.4, 0.5) is 29.5 Å². The molecule has 0 atom stereocenters. The average molecular weight is 630 g/mol. The van der Waals surface area contributed by atoms with Crippen molar-refractivity contribution >= 4 is 45.7 Å². The first-order valence-corrected chi connectivity index (χ1v) is 14.8. The number of thiazole rings is 1. The Morgan fingerprint density at radius 1 is 1.07 bits per heavy atom. The van der Waals surface area contributed by atoms with Gasteiger partial charge in [-0.3, -0.25) is 10.1 Å². The van der Waals surface area contributed by atoms with Crippen LogP contribution in [0.25, 0.3) is 32.6 Å². The van der Waals surface area contributed by atoms with E-state index in [0.29, 0.717) is 48.5 Å². The van der Waals surface area contributed by atoms with Crippen molar-refractivity contribution in [3.63, 3.8) is 0 Å². The van der Waals surface area contributed by atoms with Crippen LogP contribution in [0.2, 0.25) is 0 Å². The van der Waals surface area contributed by atoms with E-state index >= 15 is 0 Å². The third-order valence-corrected chi connectivity index (χ3v) is 8.29. The molecule has 232 valence electrons. The normalized spacial score (nSPS) is 14.2. The summed E-state index contributed by atoms with van der Waals surface area (Å²) in [6.45, 7) is 7.07. The summed E-state index contributed by atoms with van der Waals surface area (Å²) in [5.74, 6) is -1.28. The Hall–Kier alpha value is -4.50. The van der Waals surface area contributed by atoms with E-state index in [9.17, 15) is 32.7 Å². The molecule has 44 heavy (non-hydrogen) atoms. The maximum atomic E-state index is 13.6. The maximum Gasteiger partial charge on any atom is 0.434 e. The summed E-state index contributed by atoms with van der Waals surface area (Å²) in [6, 6.07) is 4.30. The third-order valence-electron chi connectivity index (χ3n) is 7.41. The van der Waals surface area contributed by atoms with Crippen molar-refractivity contribution in [2.24, 2.45) is 0 Å². The first-order chi connectivity index (χ1) is 20.9. The van der Waals surface area contributed by atoms with Gasteiger partial charge in [0.2, 0.25) is 5.43 Å². The maximum absolute atomic E-state index is 13.6. The largest absolute Gasteiger partial charge is 0.477 e. The van der Waals surface area contributed by atoms with Crippen LogP contribution in [0, 0.1) is 0 Å². The van der Waals surface area contributed by atoms with Crippen LogP contribution in [0.3, 0.4) is 0 Å². The lowest BCUT2D eigenvalue weighted by molar-refractivity contribution is -0.140. The SMILES string of the molecule is CCNC(=O)Nc1cc(-c2nc(C(F)(F)F)cs2)c(-c2cc3c(=O)c(C(=O)O)cn(CC)c3cc2N2CCN(C)CC2)cn1. The number of carbonyl (C=O) groups excluding carboxylic acids is 1. The second kappa shape index (κ2) is 12.2. The predicted octanol–water partition coefficient (Wildman–Crippen LogP) is 4.82. The van der Waals surface area contributed by atoms with Gasteiger partial charge in [0.15, 0.2) is 5.69 Å². The number of aromatic carboxylic acids is 1. The fraction of sp³-hybridized carbons (Fsp3) is 0.345. The van der Waals surface area contributed by atoms with Gasteiger partial charge in [0.05, 0.1) is 5.52 Å². The number of hydrogen-bond donors (Lipinski definition) is 3. The van der Waals surface area contributed by atoms with Gasteiger partial charge in [0, 0.05) is 84.8 Å². The molecule has 0 saturated carbocycles.